The van der Waals surface area contributed by atoms with Crippen molar-refractivity contribution in [1.82, 2.24) is 9.47 Å². The van der Waals surface area contributed by atoms with E-state index in [1.807, 2.05) is 0 Å². The Hall–Kier alpha value is -4.14. The predicted octanol–water partition coefficient (Wildman–Crippen LogP) is 5.48. The predicted molar refractivity (Wildman–Crippen MR) is 125 cm³/mol. The number of benzene rings is 2. The maximum Gasteiger partial charge on any atom is 0.416 e. The first-order valence-electron chi connectivity index (χ1n) is 11.1. The number of fused-ring (bicyclic) bond motifs is 2. The van der Waals surface area contributed by atoms with Crippen molar-refractivity contribution in [1.29, 1.82) is 0 Å². The molecule has 0 bridgehead atoms. The van der Waals surface area contributed by atoms with Gasteiger partial charge in [-0.05, 0) is 60.5 Å². The molecule has 1 aliphatic heterocycles. The minimum absolute atomic E-state index is 0.116. The highest BCUT2D eigenvalue weighted by atomic mass is 19.4. The summed E-state index contributed by atoms with van der Waals surface area (Å²) in [5.41, 5.74) is 3.48. The lowest BCUT2D eigenvalue weighted by Gasteiger charge is -2.23. The van der Waals surface area contributed by atoms with Crippen molar-refractivity contribution < 1.29 is 32.3 Å². The molecule has 3 aromatic rings. The fourth-order valence-electron chi connectivity index (χ4n) is 4.99. The maximum absolute atomic E-state index is 14.3. The fourth-order valence-corrected chi connectivity index (χ4v) is 4.99. The number of rotatable bonds is 5. The van der Waals surface area contributed by atoms with Crippen LogP contribution in [-0.2, 0) is 28.9 Å². The molecule has 9 heteroatoms. The topological polar surface area (TPSA) is 62.5 Å². The number of hydrogen-bond acceptors (Lipinski definition) is 3. The Kier molecular flexibility index (Phi) is 5.58. The van der Waals surface area contributed by atoms with Gasteiger partial charge in [-0.25, -0.2) is 4.39 Å². The highest BCUT2D eigenvalue weighted by Crippen LogP contribution is 2.42. The van der Waals surface area contributed by atoms with Crippen molar-refractivity contribution in [3.8, 4) is 0 Å². The molecule has 0 atom stereocenters. The van der Waals surface area contributed by atoms with Crippen LogP contribution >= 0.6 is 0 Å². The molecule has 1 N–H and O–H groups in total. The van der Waals surface area contributed by atoms with E-state index in [4.69, 9.17) is 0 Å². The van der Waals surface area contributed by atoms with Gasteiger partial charge in [0.25, 0.3) is 0 Å². The van der Waals surface area contributed by atoms with Gasteiger partial charge in [-0.2, -0.15) is 13.2 Å². The van der Waals surface area contributed by atoms with Crippen LogP contribution in [0.1, 0.15) is 22.4 Å². The van der Waals surface area contributed by atoms with Gasteiger partial charge in [0.15, 0.2) is 5.78 Å². The van der Waals surface area contributed by atoms with Gasteiger partial charge in [0.2, 0.25) is 0 Å². The molecule has 0 saturated heterocycles. The number of allylic oxidation sites excluding steroid dienone is 3. The number of hydrogen-bond donors (Lipinski definition) is 1. The lowest BCUT2D eigenvalue weighted by atomic mass is 9.96. The summed E-state index contributed by atoms with van der Waals surface area (Å²) in [5, 5.41) is 9.96. The van der Waals surface area contributed by atoms with E-state index in [0.29, 0.717) is 39.0 Å². The zero-order valence-electron chi connectivity index (χ0n) is 19.1. The molecule has 0 spiro atoms. The third-order valence-corrected chi connectivity index (χ3v) is 6.49. The van der Waals surface area contributed by atoms with E-state index >= 15 is 0 Å². The van der Waals surface area contributed by atoms with Crippen LogP contribution in [-0.4, -0.2) is 32.9 Å². The molecule has 5 nitrogen and oxygen atoms in total. The van der Waals surface area contributed by atoms with Crippen molar-refractivity contribution in [2.24, 2.45) is 0 Å². The third kappa shape index (κ3) is 4.10. The van der Waals surface area contributed by atoms with E-state index in [9.17, 15) is 32.3 Å². The molecule has 1 aromatic heterocycles. The molecule has 36 heavy (non-hydrogen) atoms. The minimum Gasteiger partial charge on any atom is -0.480 e. The normalized spacial score (nSPS) is 15.6. The Morgan fingerprint density at radius 3 is 2.61 bits per heavy atom. The van der Waals surface area contributed by atoms with Crippen molar-refractivity contribution in [2.75, 3.05) is 6.54 Å². The number of carboxylic acids is 1. The van der Waals surface area contributed by atoms with Crippen molar-refractivity contribution in [2.45, 2.75) is 26.2 Å². The Morgan fingerprint density at radius 1 is 1.11 bits per heavy atom. The second-order valence-corrected chi connectivity index (χ2v) is 8.81. The molecular weight excluding hydrogens is 476 g/mol. The van der Waals surface area contributed by atoms with E-state index in [1.54, 1.807) is 28.5 Å². The van der Waals surface area contributed by atoms with Gasteiger partial charge in [0.05, 0.1) is 5.56 Å². The Bertz CT molecular complexity index is 1530. The van der Waals surface area contributed by atoms with Gasteiger partial charge in [0.1, 0.15) is 12.4 Å². The van der Waals surface area contributed by atoms with E-state index in [2.05, 4.69) is 0 Å². The third-order valence-electron chi connectivity index (χ3n) is 6.49. The second-order valence-electron chi connectivity index (χ2n) is 8.81. The lowest BCUT2D eigenvalue weighted by Crippen LogP contribution is -2.21. The number of carbonyl (C=O) groups excluding carboxylic acids is 1. The van der Waals surface area contributed by atoms with Crippen LogP contribution in [0.4, 0.5) is 17.6 Å². The highest BCUT2D eigenvalue weighted by Gasteiger charge is 2.33. The average molecular weight is 496 g/mol. The number of aromatic nitrogens is 1. The maximum atomic E-state index is 14.3. The van der Waals surface area contributed by atoms with Crippen molar-refractivity contribution in [3.63, 3.8) is 0 Å². The van der Waals surface area contributed by atoms with Crippen LogP contribution < -0.4 is 0 Å². The number of carbonyl (C=O) groups is 2. The van der Waals surface area contributed by atoms with Gasteiger partial charge in [-0.1, -0.05) is 12.1 Å². The van der Waals surface area contributed by atoms with Crippen molar-refractivity contribution in [3.05, 3.63) is 100 Å². The van der Waals surface area contributed by atoms with E-state index < -0.39 is 23.5 Å². The number of halogens is 4. The van der Waals surface area contributed by atoms with Crippen molar-refractivity contribution >= 4 is 28.2 Å². The zero-order chi connectivity index (χ0) is 25.8. The quantitative estimate of drug-likeness (QED) is 0.475. The summed E-state index contributed by atoms with van der Waals surface area (Å²) in [4.78, 5) is 25.5. The fraction of sp³-hybridized carbons (Fsp3) is 0.185. The SMILES string of the molecule is Cc1c(C2=C3C=CC(=O)C=C3N(Cc3cccc(C(F)(F)F)c3)C2)c2cc(F)ccc2n1CC(=O)O. The Labute approximate surface area is 203 Å². The highest BCUT2D eigenvalue weighted by molar-refractivity contribution is 6.06. The van der Waals surface area contributed by atoms with Gasteiger partial charge in [-0.15, -0.1) is 0 Å². The second kappa shape index (κ2) is 8.51. The molecule has 0 amide bonds. The number of alkyl halides is 3. The molecule has 2 aromatic carbocycles. The summed E-state index contributed by atoms with van der Waals surface area (Å²) < 4.78 is 55.6. The molecule has 184 valence electrons. The molecule has 1 aliphatic carbocycles. The number of aliphatic carboxylic acids is 1. The largest absolute Gasteiger partial charge is 0.480 e. The first-order chi connectivity index (χ1) is 17.0. The van der Waals surface area contributed by atoms with Gasteiger partial charge < -0.3 is 14.6 Å². The lowest BCUT2D eigenvalue weighted by molar-refractivity contribution is -0.138. The average Bonchev–Trinajstić information content (AvgIpc) is 3.27. The Balaban J connectivity index is 1.62. The van der Waals surface area contributed by atoms with Gasteiger partial charge in [-0.3, -0.25) is 9.59 Å². The summed E-state index contributed by atoms with van der Waals surface area (Å²) in [7, 11) is 0. The standard InChI is InChI=1S/C27H20F4N2O3/c1-15-26(21-10-18(28)5-8-23(21)33(15)14-25(35)36)22-13-32(24-11-19(34)6-7-20(22)24)12-16-3-2-4-17(9-16)27(29,30)31/h2-11H,12-14H2,1H3,(H,35,36). The van der Waals surface area contributed by atoms with Crippen LogP contribution in [0, 0.1) is 12.7 Å². The van der Waals surface area contributed by atoms with Crippen LogP contribution in [0.25, 0.3) is 16.5 Å². The molecule has 2 heterocycles. The van der Waals surface area contributed by atoms with E-state index in [-0.39, 0.29) is 25.4 Å². The molecule has 0 radical (unpaired) electrons. The smallest absolute Gasteiger partial charge is 0.416 e. The van der Waals surface area contributed by atoms with Crippen LogP contribution in [0.2, 0.25) is 0 Å². The number of ketones is 1. The van der Waals surface area contributed by atoms with Crippen LogP contribution in [0.5, 0.6) is 0 Å². The summed E-state index contributed by atoms with van der Waals surface area (Å²) >= 11 is 0. The molecule has 0 saturated carbocycles. The first-order valence-corrected chi connectivity index (χ1v) is 11.1. The van der Waals surface area contributed by atoms with E-state index in [1.165, 1.54) is 36.4 Å². The van der Waals surface area contributed by atoms with E-state index in [0.717, 1.165) is 17.7 Å². The zero-order valence-corrected chi connectivity index (χ0v) is 19.1. The molecule has 0 fully saturated rings. The summed E-state index contributed by atoms with van der Waals surface area (Å²) in [6, 6.07) is 9.16. The number of carboxylic acid groups (broad SMARTS) is 1. The summed E-state index contributed by atoms with van der Waals surface area (Å²) in [6.07, 6.45) is 0.00501. The first kappa shape index (κ1) is 23.6. The van der Waals surface area contributed by atoms with Crippen LogP contribution in [0.3, 0.4) is 0 Å². The molecular formula is C27H20F4N2O3. The number of nitrogens with zero attached hydrogens (tertiary/aromatic N) is 2. The Morgan fingerprint density at radius 2 is 1.89 bits per heavy atom. The molecule has 0 unspecified atom stereocenters. The minimum atomic E-state index is -4.48. The molecule has 5 rings (SSSR count). The summed E-state index contributed by atoms with van der Waals surface area (Å²) in [5.74, 6) is -1.78. The van der Waals surface area contributed by atoms with Gasteiger partial charge in [0, 0.05) is 52.6 Å². The van der Waals surface area contributed by atoms with Crippen LogP contribution in [0.15, 0.2) is 72.0 Å². The van der Waals surface area contributed by atoms with Gasteiger partial charge >= 0.3 is 12.1 Å². The summed E-state index contributed by atoms with van der Waals surface area (Å²) in [6.45, 7) is 1.80. The monoisotopic (exact) mass is 496 g/mol. The molecule has 2 aliphatic rings.